The van der Waals surface area contributed by atoms with E-state index in [4.69, 9.17) is 21.7 Å². The van der Waals surface area contributed by atoms with Crippen molar-refractivity contribution in [3.8, 4) is 11.5 Å². The van der Waals surface area contributed by atoms with Crippen molar-refractivity contribution in [2.45, 2.75) is 19.9 Å². The van der Waals surface area contributed by atoms with E-state index in [-0.39, 0.29) is 11.8 Å². The Bertz CT molecular complexity index is 777. The number of benzene rings is 2. The fourth-order valence-electron chi connectivity index (χ4n) is 2.39. The van der Waals surface area contributed by atoms with Gasteiger partial charge in [-0.25, -0.2) is 0 Å². The van der Waals surface area contributed by atoms with Gasteiger partial charge in [-0.2, -0.15) is 0 Å². The van der Waals surface area contributed by atoms with E-state index in [1.54, 1.807) is 26.4 Å². The van der Waals surface area contributed by atoms with Crippen LogP contribution in [-0.2, 0) is 0 Å². The first-order valence-corrected chi connectivity index (χ1v) is 8.26. The molecule has 0 bridgehead atoms. The third-order valence-corrected chi connectivity index (χ3v) is 4.00. The second-order valence-corrected chi connectivity index (χ2v) is 5.98. The van der Waals surface area contributed by atoms with Crippen LogP contribution in [0.15, 0.2) is 42.5 Å². The molecule has 0 spiro atoms. The number of ketones is 1. The molecule has 5 nitrogen and oxygen atoms in total. The fraction of sp³-hybridized carbons (Fsp3) is 0.263. The topological polar surface area (TPSA) is 59.6 Å². The molecule has 0 heterocycles. The third kappa shape index (κ3) is 4.93. The SMILES string of the molecule is COc1ccc(C(C)NC(=S)Nc2cccc(C(C)=O)c2)cc1OC. The summed E-state index contributed by atoms with van der Waals surface area (Å²) in [6.45, 7) is 3.54. The Balaban J connectivity index is 2.05. The van der Waals surface area contributed by atoms with Crippen LogP contribution >= 0.6 is 12.2 Å². The number of anilines is 1. The summed E-state index contributed by atoms with van der Waals surface area (Å²) in [5.41, 5.74) is 2.42. The molecule has 6 heteroatoms. The monoisotopic (exact) mass is 358 g/mol. The van der Waals surface area contributed by atoms with Crippen LogP contribution in [0.2, 0.25) is 0 Å². The second-order valence-electron chi connectivity index (χ2n) is 5.57. The molecule has 25 heavy (non-hydrogen) atoms. The lowest BCUT2D eigenvalue weighted by Crippen LogP contribution is -2.30. The number of carbonyl (C=O) groups excluding carboxylic acids is 1. The number of hydrogen-bond donors (Lipinski definition) is 2. The normalized spacial score (nSPS) is 11.4. The van der Waals surface area contributed by atoms with E-state index >= 15 is 0 Å². The van der Waals surface area contributed by atoms with Crippen LogP contribution in [0.1, 0.15) is 35.8 Å². The Labute approximate surface area is 153 Å². The highest BCUT2D eigenvalue weighted by atomic mass is 32.1. The Morgan fingerprint density at radius 1 is 1.08 bits per heavy atom. The van der Waals surface area contributed by atoms with E-state index in [1.165, 1.54) is 6.92 Å². The lowest BCUT2D eigenvalue weighted by Gasteiger charge is -2.19. The smallest absolute Gasteiger partial charge is 0.171 e. The molecule has 0 fully saturated rings. The predicted octanol–water partition coefficient (Wildman–Crippen LogP) is 3.95. The Kier molecular flexibility index (Phi) is 6.36. The van der Waals surface area contributed by atoms with E-state index in [0.717, 1.165) is 11.3 Å². The number of Topliss-reactive ketones (excluding diaryl/α,β-unsaturated/α-hetero) is 1. The number of methoxy groups -OCH3 is 2. The van der Waals surface area contributed by atoms with Gasteiger partial charge in [0.15, 0.2) is 22.4 Å². The summed E-state index contributed by atoms with van der Waals surface area (Å²) < 4.78 is 10.6. The quantitative estimate of drug-likeness (QED) is 0.602. The minimum atomic E-state index is -0.0317. The Hall–Kier alpha value is -2.60. The van der Waals surface area contributed by atoms with Crippen molar-refractivity contribution >= 4 is 28.8 Å². The number of carbonyl (C=O) groups is 1. The maximum atomic E-state index is 11.5. The molecule has 0 aliphatic carbocycles. The first kappa shape index (κ1) is 18.7. The van der Waals surface area contributed by atoms with Crippen LogP contribution in [0, 0.1) is 0 Å². The molecule has 0 aliphatic rings. The molecule has 0 saturated carbocycles. The number of nitrogens with one attached hydrogen (secondary N) is 2. The Morgan fingerprint density at radius 3 is 2.44 bits per heavy atom. The molecule has 0 aliphatic heterocycles. The highest BCUT2D eigenvalue weighted by molar-refractivity contribution is 7.80. The fourth-order valence-corrected chi connectivity index (χ4v) is 2.68. The van der Waals surface area contributed by atoms with Crippen LogP contribution in [0.4, 0.5) is 5.69 Å². The number of hydrogen-bond acceptors (Lipinski definition) is 4. The molecular formula is C19H22N2O3S. The predicted molar refractivity (Wildman–Crippen MR) is 104 cm³/mol. The van der Waals surface area contributed by atoms with E-state index in [1.807, 2.05) is 37.3 Å². The summed E-state index contributed by atoms with van der Waals surface area (Å²) in [5, 5.41) is 6.80. The number of ether oxygens (including phenoxy) is 2. The second kappa shape index (κ2) is 8.48. The van der Waals surface area contributed by atoms with Crippen molar-refractivity contribution in [2.75, 3.05) is 19.5 Å². The zero-order valence-electron chi connectivity index (χ0n) is 14.8. The molecule has 2 N–H and O–H groups in total. The van der Waals surface area contributed by atoms with Crippen molar-refractivity contribution in [3.05, 3.63) is 53.6 Å². The van der Waals surface area contributed by atoms with Gasteiger partial charge in [0.05, 0.1) is 20.3 Å². The van der Waals surface area contributed by atoms with Crippen LogP contribution < -0.4 is 20.1 Å². The first-order chi connectivity index (χ1) is 11.9. The number of rotatable bonds is 6. The van der Waals surface area contributed by atoms with Crippen molar-refractivity contribution in [1.29, 1.82) is 0 Å². The zero-order valence-corrected chi connectivity index (χ0v) is 15.6. The molecule has 2 aromatic carbocycles. The zero-order chi connectivity index (χ0) is 18.4. The molecule has 2 rings (SSSR count). The van der Waals surface area contributed by atoms with Gasteiger partial charge >= 0.3 is 0 Å². The summed E-state index contributed by atoms with van der Waals surface area (Å²) >= 11 is 5.37. The molecule has 0 aromatic heterocycles. The summed E-state index contributed by atoms with van der Waals surface area (Å²) in [6, 6.07) is 12.9. The minimum absolute atomic E-state index is 0.0150. The van der Waals surface area contributed by atoms with Crippen LogP contribution in [0.5, 0.6) is 11.5 Å². The molecule has 0 radical (unpaired) electrons. The van der Waals surface area contributed by atoms with Gasteiger partial charge in [0.1, 0.15) is 0 Å². The van der Waals surface area contributed by atoms with Gasteiger partial charge in [0.2, 0.25) is 0 Å². The van der Waals surface area contributed by atoms with Crippen molar-refractivity contribution < 1.29 is 14.3 Å². The van der Waals surface area contributed by atoms with E-state index in [9.17, 15) is 4.79 Å². The van der Waals surface area contributed by atoms with Crippen molar-refractivity contribution in [3.63, 3.8) is 0 Å². The van der Waals surface area contributed by atoms with Gasteiger partial charge in [0.25, 0.3) is 0 Å². The molecule has 1 unspecified atom stereocenters. The molecule has 0 amide bonds. The molecular weight excluding hydrogens is 336 g/mol. The summed E-state index contributed by atoms with van der Waals surface area (Å²) in [4.78, 5) is 11.5. The summed E-state index contributed by atoms with van der Waals surface area (Å²) in [7, 11) is 3.21. The van der Waals surface area contributed by atoms with Gasteiger partial charge in [-0.1, -0.05) is 18.2 Å². The Morgan fingerprint density at radius 2 is 1.80 bits per heavy atom. The lowest BCUT2D eigenvalue weighted by atomic mass is 10.1. The highest BCUT2D eigenvalue weighted by Gasteiger charge is 2.11. The summed E-state index contributed by atoms with van der Waals surface area (Å²) in [5.74, 6) is 1.36. The van der Waals surface area contributed by atoms with Crippen LogP contribution in [0.25, 0.3) is 0 Å². The van der Waals surface area contributed by atoms with Crippen molar-refractivity contribution in [2.24, 2.45) is 0 Å². The largest absolute Gasteiger partial charge is 0.493 e. The molecule has 1 atom stereocenters. The van der Waals surface area contributed by atoms with E-state index in [0.29, 0.717) is 22.2 Å². The maximum absolute atomic E-state index is 11.5. The van der Waals surface area contributed by atoms with E-state index < -0.39 is 0 Å². The average Bonchev–Trinajstić information content (AvgIpc) is 2.61. The minimum Gasteiger partial charge on any atom is -0.493 e. The molecule has 132 valence electrons. The number of thiocarbonyl (C=S) groups is 1. The van der Waals surface area contributed by atoms with E-state index in [2.05, 4.69) is 10.6 Å². The maximum Gasteiger partial charge on any atom is 0.171 e. The van der Waals surface area contributed by atoms with Gasteiger partial charge < -0.3 is 20.1 Å². The lowest BCUT2D eigenvalue weighted by molar-refractivity contribution is 0.101. The third-order valence-electron chi connectivity index (χ3n) is 3.78. The van der Waals surface area contributed by atoms with Crippen molar-refractivity contribution in [1.82, 2.24) is 5.32 Å². The van der Waals surface area contributed by atoms with Crippen LogP contribution in [-0.4, -0.2) is 25.1 Å². The van der Waals surface area contributed by atoms with Gasteiger partial charge in [-0.05, 0) is 55.9 Å². The highest BCUT2D eigenvalue weighted by Crippen LogP contribution is 2.29. The van der Waals surface area contributed by atoms with Gasteiger partial charge in [0, 0.05) is 11.3 Å². The van der Waals surface area contributed by atoms with Crippen LogP contribution in [0.3, 0.4) is 0 Å². The molecule has 2 aromatic rings. The standard InChI is InChI=1S/C19H22N2O3S/c1-12(14-8-9-17(23-3)18(11-14)24-4)20-19(25)21-16-7-5-6-15(10-16)13(2)22/h5-12H,1-4H3,(H2,20,21,25). The molecule has 0 saturated heterocycles. The van der Waals surface area contributed by atoms with Gasteiger partial charge in [-0.15, -0.1) is 0 Å². The average molecular weight is 358 g/mol. The first-order valence-electron chi connectivity index (χ1n) is 7.85. The van der Waals surface area contributed by atoms with Gasteiger partial charge in [-0.3, -0.25) is 4.79 Å². The summed E-state index contributed by atoms with van der Waals surface area (Å²) in [6.07, 6.45) is 0.